The number of sulfonamides is 1. The highest BCUT2D eigenvalue weighted by atomic mass is 32.2. The summed E-state index contributed by atoms with van der Waals surface area (Å²) in [6.45, 7) is 2.16. The van der Waals surface area contributed by atoms with Gasteiger partial charge in [-0.25, -0.2) is 17.9 Å². The van der Waals surface area contributed by atoms with Gasteiger partial charge in [0.25, 0.3) is 0 Å². The van der Waals surface area contributed by atoms with Crippen LogP contribution < -0.4 is 4.72 Å². The Morgan fingerprint density at radius 2 is 1.73 bits per heavy atom. The molecular weight excluding hydrogens is 356 g/mol. The van der Waals surface area contributed by atoms with E-state index in [1.165, 1.54) is 4.90 Å². The Hall–Kier alpha value is -1.15. The third-order valence-electron chi connectivity index (χ3n) is 6.34. The minimum Gasteiger partial charge on any atom is -0.480 e. The van der Waals surface area contributed by atoms with E-state index < -0.39 is 33.7 Å². The molecule has 0 spiro atoms. The van der Waals surface area contributed by atoms with Gasteiger partial charge in [-0.2, -0.15) is 0 Å². The number of carbonyl (C=O) groups is 2. The third kappa shape index (κ3) is 4.39. The molecule has 0 bridgehead atoms. The molecule has 1 heterocycles. The maximum Gasteiger partial charge on any atom is 0.326 e. The number of nitrogens with zero attached hydrogens (tertiary/aromatic N) is 1. The van der Waals surface area contributed by atoms with Crippen molar-refractivity contribution in [3.05, 3.63) is 0 Å². The Balaban J connectivity index is 1.65. The van der Waals surface area contributed by atoms with Crippen molar-refractivity contribution in [1.29, 1.82) is 0 Å². The molecule has 7 nitrogen and oxygen atoms in total. The number of carbonyl (C=O) groups excluding carboxylic acids is 1. The van der Waals surface area contributed by atoms with Crippen molar-refractivity contribution in [2.75, 3.05) is 5.75 Å². The second-order valence-electron chi connectivity index (χ2n) is 8.34. The van der Waals surface area contributed by atoms with Gasteiger partial charge in [-0.1, -0.05) is 19.8 Å². The molecule has 2 saturated carbocycles. The van der Waals surface area contributed by atoms with Crippen molar-refractivity contribution < 1.29 is 23.1 Å². The van der Waals surface area contributed by atoms with Crippen LogP contribution >= 0.6 is 0 Å². The van der Waals surface area contributed by atoms with Crippen molar-refractivity contribution in [3.8, 4) is 0 Å². The van der Waals surface area contributed by atoms with Gasteiger partial charge < -0.3 is 10.0 Å². The molecule has 1 saturated heterocycles. The van der Waals surface area contributed by atoms with Gasteiger partial charge in [0.15, 0.2) is 0 Å². The number of likely N-dealkylation sites (tertiary alicyclic amines) is 1. The van der Waals surface area contributed by atoms with Crippen LogP contribution in [-0.4, -0.2) is 54.2 Å². The van der Waals surface area contributed by atoms with Gasteiger partial charge in [-0.05, 0) is 56.8 Å². The zero-order chi connectivity index (χ0) is 18.9. The summed E-state index contributed by atoms with van der Waals surface area (Å²) in [6, 6.07) is -1.12. The topological polar surface area (TPSA) is 104 Å². The summed E-state index contributed by atoms with van der Waals surface area (Å²) in [5.74, 6) is -1.44. The average molecular weight is 387 g/mol. The SMILES string of the molecule is CC1CCC(NS(=O)(=O)CC(=O)N2C(C(=O)O)CC3CCCCC32)CC1. The minimum atomic E-state index is -3.76. The zero-order valence-electron chi connectivity index (χ0n) is 15.4. The van der Waals surface area contributed by atoms with Crippen LogP contribution in [0.3, 0.4) is 0 Å². The van der Waals surface area contributed by atoms with Crippen LogP contribution in [-0.2, 0) is 19.6 Å². The first kappa shape index (κ1) is 19.6. The molecule has 26 heavy (non-hydrogen) atoms. The van der Waals surface area contributed by atoms with E-state index in [1.54, 1.807) is 0 Å². The van der Waals surface area contributed by atoms with E-state index in [-0.39, 0.29) is 18.0 Å². The second kappa shape index (κ2) is 7.84. The Labute approximate surface area is 155 Å². The van der Waals surface area contributed by atoms with Gasteiger partial charge in [-0.3, -0.25) is 4.79 Å². The van der Waals surface area contributed by atoms with E-state index in [2.05, 4.69) is 11.6 Å². The monoisotopic (exact) mass is 386 g/mol. The van der Waals surface area contributed by atoms with Crippen molar-refractivity contribution in [2.45, 2.75) is 82.8 Å². The molecule has 0 aromatic carbocycles. The fourth-order valence-electron chi connectivity index (χ4n) is 4.95. The van der Waals surface area contributed by atoms with Gasteiger partial charge in [0, 0.05) is 12.1 Å². The number of nitrogens with one attached hydrogen (secondary N) is 1. The summed E-state index contributed by atoms with van der Waals surface area (Å²) in [4.78, 5) is 25.8. The highest BCUT2D eigenvalue weighted by molar-refractivity contribution is 7.90. The quantitative estimate of drug-likeness (QED) is 0.749. The molecule has 3 atom stereocenters. The fourth-order valence-corrected chi connectivity index (χ4v) is 6.25. The molecule has 0 aromatic rings. The number of carboxylic acids is 1. The second-order valence-corrected chi connectivity index (χ2v) is 10.1. The zero-order valence-corrected chi connectivity index (χ0v) is 16.2. The van der Waals surface area contributed by atoms with Crippen molar-refractivity contribution in [2.24, 2.45) is 11.8 Å². The summed E-state index contributed by atoms with van der Waals surface area (Å²) in [6.07, 6.45) is 7.70. The van der Waals surface area contributed by atoms with E-state index in [1.807, 2.05) is 0 Å². The number of rotatable bonds is 5. The molecule has 148 valence electrons. The van der Waals surface area contributed by atoms with Crippen molar-refractivity contribution in [3.63, 3.8) is 0 Å². The number of hydrogen-bond acceptors (Lipinski definition) is 4. The Morgan fingerprint density at radius 3 is 2.38 bits per heavy atom. The minimum absolute atomic E-state index is 0.111. The first-order valence-corrected chi connectivity index (χ1v) is 11.5. The largest absolute Gasteiger partial charge is 0.480 e. The molecule has 3 unspecified atom stereocenters. The first-order valence-electron chi connectivity index (χ1n) is 9.81. The normalized spacial score (nSPS) is 35.1. The van der Waals surface area contributed by atoms with E-state index in [0.717, 1.165) is 51.4 Å². The Morgan fingerprint density at radius 1 is 1.08 bits per heavy atom. The van der Waals surface area contributed by atoms with Crippen molar-refractivity contribution in [1.82, 2.24) is 9.62 Å². The Kier molecular flexibility index (Phi) is 5.91. The van der Waals surface area contributed by atoms with Gasteiger partial charge in [0.1, 0.15) is 11.8 Å². The molecule has 3 aliphatic rings. The lowest BCUT2D eigenvalue weighted by Crippen LogP contribution is -2.50. The van der Waals surface area contributed by atoms with Crippen LogP contribution in [0, 0.1) is 11.8 Å². The molecule has 1 amide bonds. The molecule has 8 heteroatoms. The number of hydrogen-bond donors (Lipinski definition) is 2. The molecule has 0 radical (unpaired) electrons. The van der Waals surface area contributed by atoms with Gasteiger partial charge >= 0.3 is 5.97 Å². The van der Waals surface area contributed by atoms with Crippen LogP contribution in [0.4, 0.5) is 0 Å². The maximum atomic E-state index is 12.8. The van der Waals surface area contributed by atoms with Crippen LogP contribution in [0.2, 0.25) is 0 Å². The predicted molar refractivity (Wildman–Crippen MR) is 97.0 cm³/mol. The number of fused-ring (bicyclic) bond motifs is 1. The van der Waals surface area contributed by atoms with Crippen LogP contribution in [0.1, 0.15) is 64.7 Å². The highest BCUT2D eigenvalue weighted by Gasteiger charge is 2.48. The lowest BCUT2D eigenvalue weighted by molar-refractivity contribution is -0.148. The molecule has 2 aliphatic carbocycles. The molecule has 3 rings (SSSR count). The third-order valence-corrected chi connectivity index (χ3v) is 7.66. The fraction of sp³-hybridized carbons (Fsp3) is 0.889. The maximum absolute atomic E-state index is 12.8. The average Bonchev–Trinajstić information content (AvgIpc) is 2.96. The molecule has 3 fully saturated rings. The summed E-state index contributed by atoms with van der Waals surface area (Å²) >= 11 is 0. The summed E-state index contributed by atoms with van der Waals surface area (Å²) in [5.41, 5.74) is 0. The van der Waals surface area contributed by atoms with E-state index in [4.69, 9.17) is 0 Å². The standard InChI is InChI=1S/C18H30N2O5S/c1-12-6-8-14(9-7-12)19-26(24,25)11-17(21)20-15-5-3-2-4-13(15)10-16(20)18(22)23/h12-16,19H,2-11H2,1H3,(H,22,23). The smallest absolute Gasteiger partial charge is 0.326 e. The summed E-state index contributed by atoms with van der Waals surface area (Å²) in [5, 5.41) is 9.50. The van der Waals surface area contributed by atoms with Crippen LogP contribution in [0.25, 0.3) is 0 Å². The predicted octanol–water partition coefficient (Wildman–Crippen LogP) is 1.73. The van der Waals surface area contributed by atoms with E-state index in [0.29, 0.717) is 12.3 Å². The molecular formula is C18H30N2O5S. The lowest BCUT2D eigenvalue weighted by atomic mass is 9.85. The van der Waals surface area contributed by atoms with Gasteiger partial charge in [0.05, 0.1) is 0 Å². The van der Waals surface area contributed by atoms with E-state index in [9.17, 15) is 23.1 Å². The summed E-state index contributed by atoms with van der Waals surface area (Å²) in [7, 11) is -3.76. The van der Waals surface area contributed by atoms with Crippen molar-refractivity contribution >= 4 is 21.9 Å². The van der Waals surface area contributed by atoms with Crippen LogP contribution in [0.5, 0.6) is 0 Å². The first-order chi connectivity index (χ1) is 12.3. The van der Waals surface area contributed by atoms with Crippen LogP contribution in [0.15, 0.2) is 0 Å². The number of carboxylic acid groups (broad SMARTS) is 1. The number of amides is 1. The van der Waals surface area contributed by atoms with Gasteiger partial charge in [0.2, 0.25) is 15.9 Å². The molecule has 2 N–H and O–H groups in total. The number of aliphatic carboxylic acids is 1. The lowest BCUT2D eigenvalue weighted by Gasteiger charge is -2.33. The highest BCUT2D eigenvalue weighted by Crippen LogP contribution is 2.40. The Bertz CT molecular complexity index is 642. The molecule has 1 aliphatic heterocycles. The summed E-state index contributed by atoms with van der Waals surface area (Å²) < 4.78 is 27.6. The molecule has 0 aromatic heterocycles. The van der Waals surface area contributed by atoms with Gasteiger partial charge in [-0.15, -0.1) is 0 Å². The van der Waals surface area contributed by atoms with E-state index >= 15 is 0 Å².